The lowest BCUT2D eigenvalue weighted by Gasteiger charge is -2.38. The zero-order chi connectivity index (χ0) is 16.4. The van der Waals surface area contributed by atoms with Crippen LogP contribution in [0, 0.1) is 5.92 Å². The Morgan fingerprint density at radius 1 is 1.33 bits per heavy atom. The van der Waals surface area contributed by atoms with Crippen LogP contribution >= 0.6 is 0 Å². The molecule has 0 unspecified atom stereocenters. The minimum absolute atomic E-state index is 0.215. The molecule has 1 heterocycles. The number of esters is 1. The van der Waals surface area contributed by atoms with Crippen molar-refractivity contribution in [3.63, 3.8) is 0 Å². The van der Waals surface area contributed by atoms with Crippen LogP contribution in [0.25, 0.3) is 0 Å². The van der Waals surface area contributed by atoms with E-state index in [1.807, 2.05) is 0 Å². The highest BCUT2D eigenvalue weighted by Gasteiger charge is 2.51. The van der Waals surface area contributed by atoms with Crippen LogP contribution in [-0.4, -0.2) is 59.5 Å². The van der Waals surface area contributed by atoms with Gasteiger partial charge in [-0.05, 0) is 20.8 Å². The number of aliphatic carboxylic acids is 1. The van der Waals surface area contributed by atoms with Crippen LogP contribution in [0.5, 0.6) is 0 Å². The molecule has 0 aliphatic carbocycles. The van der Waals surface area contributed by atoms with Gasteiger partial charge in [-0.2, -0.15) is 0 Å². The smallest absolute Gasteiger partial charge is 0.410 e. The molecule has 120 valence electrons. The molecule has 2 atom stereocenters. The lowest BCUT2D eigenvalue weighted by atomic mass is 9.87. The first-order valence-electron chi connectivity index (χ1n) is 6.46. The number of ether oxygens (including phenoxy) is 2. The number of rotatable bonds is 2. The van der Waals surface area contributed by atoms with Gasteiger partial charge < -0.3 is 19.5 Å². The zero-order valence-corrected chi connectivity index (χ0v) is 12.5. The summed E-state index contributed by atoms with van der Waals surface area (Å²) in [6.45, 7) is 4.09. The van der Waals surface area contributed by atoms with Crippen molar-refractivity contribution in [3.05, 3.63) is 0 Å². The van der Waals surface area contributed by atoms with Gasteiger partial charge in [-0.1, -0.05) is 0 Å². The topological polar surface area (TPSA) is 93.1 Å². The van der Waals surface area contributed by atoms with Gasteiger partial charge >= 0.3 is 18.0 Å². The summed E-state index contributed by atoms with van der Waals surface area (Å²) in [5, 5.41) is 9.06. The van der Waals surface area contributed by atoms with E-state index in [4.69, 9.17) is 9.84 Å². The summed E-state index contributed by atoms with van der Waals surface area (Å²) in [6.07, 6.45) is -1.40. The first kappa shape index (κ1) is 17.2. The van der Waals surface area contributed by atoms with Crippen molar-refractivity contribution in [2.75, 3.05) is 20.2 Å². The summed E-state index contributed by atoms with van der Waals surface area (Å²) in [4.78, 5) is 35.5. The van der Waals surface area contributed by atoms with E-state index in [9.17, 15) is 18.8 Å². The average Bonchev–Trinajstić information content (AvgIpc) is 2.34. The standard InChI is InChI=1S/C13H20FNO6/c1-12(2,3)21-11(19)15-6-8(9(16)17)5-13(14,7-15)10(18)20-4/h8H,5-7H2,1-4H3,(H,16,17)/t8-,13+/m1/s1. The number of nitrogens with zero attached hydrogens (tertiary/aromatic N) is 1. The molecule has 7 nitrogen and oxygen atoms in total. The van der Waals surface area contributed by atoms with Gasteiger partial charge in [0.15, 0.2) is 0 Å². The minimum Gasteiger partial charge on any atom is -0.481 e. The maximum Gasteiger partial charge on any atom is 0.410 e. The van der Waals surface area contributed by atoms with E-state index in [0.29, 0.717) is 0 Å². The number of carboxylic acid groups (broad SMARTS) is 1. The molecule has 0 spiro atoms. The fraction of sp³-hybridized carbons (Fsp3) is 0.769. The largest absolute Gasteiger partial charge is 0.481 e. The van der Waals surface area contributed by atoms with Gasteiger partial charge in [0.2, 0.25) is 5.67 Å². The summed E-state index contributed by atoms with van der Waals surface area (Å²) in [6, 6.07) is 0. The second kappa shape index (κ2) is 5.87. The van der Waals surface area contributed by atoms with Crippen LogP contribution in [0.1, 0.15) is 27.2 Å². The number of hydrogen-bond acceptors (Lipinski definition) is 5. The number of carboxylic acids is 1. The molecule has 1 fully saturated rings. The van der Waals surface area contributed by atoms with E-state index in [1.54, 1.807) is 20.8 Å². The summed E-state index contributed by atoms with van der Waals surface area (Å²) in [7, 11) is 1.01. The van der Waals surface area contributed by atoms with E-state index in [2.05, 4.69) is 4.74 Å². The number of alkyl halides is 1. The molecule has 1 aliphatic heterocycles. The van der Waals surface area contributed by atoms with E-state index < -0.39 is 48.2 Å². The third-order valence-electron chi connectivity index (χ3n) is 3.00. The Balaban J connectivity index is 2.97. The van der Waals surface area contributed by atoms with E-state index in [-0.39, 0.29) is 6.54 Å². The van der Waals surface area contributed by atoms with Gasteiger partial charge in [0.25, 0.3) is 0 Å². The van der Waals surface area contributed by atoms with Gasteiger partial charge in [0, 0.05) is 13.0 Å². The quantitative estimate of drug-likeness (QED) is 0.771. The van der Waals surface area contributed by atoms with Gasteiger partial charge in [-0.25, -0.2) is 14.0 Å². The van der Waals surface area contributed by atoms with Crippen molar-refractivity contribution in [2.45, 2.75) is 38.5 Å². The van der Waals surface area contributed by atoms with Crippen LogP contribution in [0.3, 0.4) is 0 Å². The molecule has 1 amide bonds. The third kappa shape index (κ3) is 4.30. The maximum atomic E-state index is 14.6. The van der Waals surface area contributed by atoms with Crippen LogP contribution in [0.15, 0.2) is 0 Å². The van der Waals surface area contributed by atoms with Crippen molar-refractivity contribution < 1.29 is 33.4 Å². The molecule has 1 saturated heterocycles. The zero-order valence-electron chi connectivity index (χ0n) is 12.5. The molecular formula is C13H20FNO6. The molecule has 0 bridgehead atoms. The Morgan fingerprint density at radius 3 is 2.33 bits per heavy atom. The fourth-order valence-electron chi connectivity index (χ4n) is 2.11. The summed E-state index contributed by atoms with van der Waals surface area (Å²) in [5.41, 5.74) is -3.36. The number of amides is 1. The summed E-state index contributed by atoms with van der Waals surface area (Å²) < 4.78 is 24.1. The highest BCUT2D eigenvalue weighted by atomic mass is 19.1. The Labute approximate surface area is 122 Å². The second-order valence-electron chi connectivity index (χ2n) is 6.06. The fourth-order valence-corrected chi connectivity index (χ4v) is 2.11. The Morgan fingerprint density at radius 2 is 1.90 bits per heavy atom. The number of methoxy groups -OCH3 is 1. The number of likely N-dealkylation sites (tertiary alicyclic amines) is 1. The minimum atomic E-state index is -2.55. The predicted molar refractivity (Wildman–Crippen MR) is 69.4 cm³/mol. The first-order valence-corrected chi connectivity index (χ1v) is 6.46. The highest BCUT2D eigenvalue weighted by Crippen LogP contribution is 2.31. The molecule has 0 saturated carbocycles. The predicted octanol–water partition coefficient (Wildman–Crippen LogP) is 1.21. The number of carbonyl (C=O) groups excluding carboxylic acids is 2. The van der Waals surface area contributed by atoms with Crippen molar-refractivity contribution in [1.82, 2.24) is 4.90 Å². The number of carbonyl (C=O) groups is 3. The molecule has 0 aromatic rings. The lowest BCUT2D eigenvalue weighted by Crippen LogP contribution is -2.57. The van der Waals surface area contributed by atoms with Gasteiger partial charge in [0.05, 0.1) is 19.6 Å². The first-order chi connectivity index (χ1) is 9.48. The summed E-state index contributed by atoms with van der Waals surface area (Å²) in [5.74, 6) is -3.67. The molecule has 21 heavy (non-hydrogen) atoms. The van der Waals surface area contributed by atoms with Gasteiger partial charge in [-0.3, -0.25) is 4.79 Å². The molecule has 1 rings (SSSR count). The van der Waals surface area contributed by atoms with Gasteiger partial charge in [0.1, 0.15) is 5.60 Å². The Kier molecular flexibility index (Phi) is 4.80. The third-order valence-corrected chi connectivity index (χ3v) is 3.00. The number of hydrogen-bond donors (Lipinski definition) is 1. The molecule has 0 radical (unpaired) electrons. The average molecular weight is 305 g/mol. The molecule has 1 aliphatic rings. The molecule has 1 N–H and O–H groups in total. The monoisotopic (exact) mass is 305 g/mol. The van der Waals surface area contributed by atoms with E-state index in [0.717, 1.165) is 12.0 Å². The summed E-state index contributed by atoms with van der Waals surface area (Å²) >= 11 is 0. The van der Waals surface area contributed by atoms with E-state index >= 15 is 0 Å². The Bertz CT molecular complexity index is 446. The molecular weight excluding hydrogens is 285 g/mol. The van der Waals surface area contributed by atoms with Crippen molar-refractivity contribution >= 4 is 18.0 Å². The van der Waals surface area contributed by atoms with Crippen molar-refractivity contribution in [2.24, 2.45) is 5.92 Å². The van der Waals surface area contributed by atoms with Crippen LogP contribution < -0.4 is 0 Å². The van der Waals surface area contributed by atoms with Crippen molar-refractivity contribution in [1.29, 1.82) is 0 Å². The number of halogens is 1. The van der Waals surface area contributed by atoms with Gasteiger partial charge in [-0.15, -0.1) is 0 Å². The Hall–Kier alpha value is -1.86. The number of piperidine rings is 1. The second-order valence-corrected chi connectivity index (χ2v) is 6.06. The molecule has 0 aromatic heterocycles. The normalized spacial score (nSPS) is 26.1. The van der Waals surface area contributed by atoms with E-state index in [1.165, 1.54) is 0 Å². The molecule has 0 aromatic carbocycles. The van der Waals surface area contributed by atoms with Crippen LogP contribution in [0.2, 0.25) is 0 Å². The maximum absolute atomic E-state index is 14.6. The van der Waals surface area contributed by atoms with Crippen LogP contribution in [0.4, 0.5) is 9.18 Å². The lowest BCUT2D eigenvalue weighted by molar-refractivity contribution is -0.163. The molecule has 8 heteroatoms. The van der Waals surface area contributed by atoms with Crippen molar-refractivity contribution in [3.8, 4) is 0 Å². The SMILES string of the molecule is COC(=O)[C@]1(F)C[C@@H](C(=O)O)CN(C(=O)OC(C)(C)C)C1. The van der Waals surface area contributed by atoms with Crippen LogP contribution in [-0.2, 0) is 19.1 Å². The highest BCUT2D eigenvalue weighted by molar-refractivity contribution is 5.83.